The third-order valence-corrected chi connectivity index (χ3v) is 4.40. The number of carbonyl (C=O) groups excluding carboxylic acids is 2. The molecule has 3 rings (SSSR count). The Morgan fingerprint density at radius 2 is 1.52 bits per heavy atom. The molecule has 25 heavy (non-hydrogen) atoms. The van der Waals surface area contributed by atoms with Crippen LogP contribution < -0.4 is 0 Å². The number of carbonyl (C=O) groups is 2. The monoisotopic (exact) mass is 347 g/mol. The second kappa shape index (κ2) is 6.66. The molecule has 0 unspecified atom stereocenters. The van der Waals surface area contributed by atoms with E-state index in [1.165, 1.54) is 6.07 Å². The quantitative estimate of drug-likeness (QED) is 0.908. The van der Waals surface area contributed by atoms with E-state index in [1.807, 2.05) is 19.9 Å². The number of benzene rings is 1. The van der Waals surface area contributed by atoms with E-state index in [1.54, 1.807) is 9.80 Å². The van der Waals surface area contributed by atoms with Crippen LogP contribution in [0.1, 0.15) is 32.1 Å². The van der Waals surface area contributed by atoms with Crippen LogP contribution in [-0.2, 0) is 0 Å². The molecule has 1 saturated heterocycles. The van der Waals surface area contributed by atoms with Gasteiger partial charge in [0, 0.05) is 43.1 Å². The third kappa shape index (κ3) is 3.40. The zero-order valence-corrected chi connectivity index (χ0v) is 14.1. The van der Waals surface area contributed by atoms with Crippen molar-refractivity contribution >= 4 is 11.8 Å². The molecule has 0 spiro atoms. The highest BCUT2D eigenvalue weighted by Crippen LogP contribution is 2.16. The number of aromatic nitrogens is 1. The van der Waals surface area contributed by atoms with Crippen LogP contribution in [0.15, 0.2) is 24.3 Å². The Bertz CT molecular complexity index is 824. The van der Waals surface area contributed by atoms with Crippen LogP contribution in [-0.4, -0.2) is 52.8 Å². The van der Waals surface area contributed by atoms with Gasteiger partial charge in [-0.2, -0.15) is 0 Å². The standard InChI is InChI=1S/C18H19F2N3O2/c1-11-9-14(12(2)21-11)18(25)23-7-5-22(6-8-23)17(24)13-3-4-15(19)16(20)10-13/h3-4,9-10,21H,5-8H2,1-2H3. The van der Waals surface area contributed by atoms with Crippen LogP contribution in [0, 0.1) is 25.5 Å². The van der Waals surface area contributed by atoms with Crippen LogP contribution >= 0.6 is 0 Å². The van der Waals surface area contributed by atoms with Gasteiger partial charge < -0.3 is 14.8 Å². The fourth-order valence-electron chi connectivity index (χ4n) is 3.04. The van der Waals surface area contributed by atoms with E-state index in [4.69, 9.17) is 0 Å². The predicted molar refractivity (Wildman–Crippen MR) is 88.4 cm³/mol. The molecule has 1 aliphatic rings. The van der Waals surface area contributed by atoms with Crippen molar-refractivity contribution in [1.82, 2.24) is 14.8 Å². The molecule has 7 heteroatoms. The third-order valence-electron chi connectivity index (χ3n) is 4.40. The molecule has 1 aliphatic heterocycles. The number of piperazine rings is 1. The van der Waals surface area contributed by atoms with Crippen LogP contribution in [0.25, 0.3) is 0 Å². The van der Waals surface area contributed by atoms with Gasteiger partial charge in [0.2, 0.25) is 0 Å². The number of rotatable bonds is 2. The van der Waals surface area contributed by atoms with E-state index in [0.717, 1.165) is 23.5 Å². The minimum absolute atomic E-state index is 0.0678. The molecule has 1 fully saturated rings. The molecular formula is C18H19F2N3O2. The lowest BCUT2D eigenvalue weighted by Gasteiger charge is -2.34. The van der Waals surface area contributed by atoms with Gasteiger partial charge in [0.05, 0.1) is 5.56 Å². The molecule has 1 aromatic carbocycles. The van der Waals surface area contributed by atoms with E-state index < -0.39 is 11.6 Å². The van der Waals surface area contributed by atoms with Gasteiger partial charge in [-0.05, 0) is 38.1 Å². The number of hydrogen-bond acceptors (Lipinski definition) is 2. The highest BCUT2D eigenvalue weighted by molar-refractivity contribution is 5.96. The molecule has 0 bridgehead atoms. The summed E-state index contributed by atoms with van der Waals surface area (Å²) in [6.07, 6.45) is 0. The summed E-state index contributed by atoms with van der Waals surface area (Å²) in [5, 5.41) is 0. The summed E-state index contributed by atoms with van der Waals surface area (Å²) >= 11 is 0. The first-order valence-corrected chi connectivity index (χ1v) is 8.06. The Hall–Kier alpha value is -2.70. The molecular weight excluding hydrogens is 328 g/mol. The van der Waals surface area contributed by atoms with Crippen molar-refractivity contribution in [3.63, 3.8) is 0 Å². The zero-order chi connectivity index (χ0) is 18.1. The summed E-state index contributed by atoms with van der Waals surface area (Å²) in [4.78, 5) is 31.3. The Morgan fingerprint density at radius 3 is 2.04 bits per heavy atom. The topological polar surface area (TPSA) is 56.4 Å². The van der Waals surface area contributed by atoms with Crippen LogP contribution in [0.2, 0.25) is 0 Å². The van der Waals surface area contributed by atoms with Crippen molar-refractivity contribution in [2.75, 3.05) is 26.2 Å². The van der Waals surface area contributed by atoms with Crippen LogP contribution in [0.4, 0.5) is 8.78 Å². The first kappa shape index (κ1) is 17.1. The molecule has 2 amide bonds. The van der Waals surface area contributed by atoms with Gasteiger partial charge in [-0.15, -0.1) is 0 Å². The lowest BCUT2D eigenvalue weighted by atomic mass is 10.1. The minimum Gasteiger partial charge on any atom is -0.362 e. The molecule has 5 nitrogen and oxygen atoms in total. The van der Waals surface area contributed by atoms with Gasteiger partial charge in [0.15, 0.2) is 11.6 Å². The van der Waals surface area contributed by atoms with E-state index in [-0.39, 0.29) is 17.4 Å². The summed E-state index contributed by atoms with van der Waals surface area (Å²) in [5.41, 5.74) is 2.49. The van der Waals surface area contributed by atoms with Gasteiger partial charge in [0.25, 0.3) is 11.8 Å². The van der Waals surface area contributed by atoms with Gasteiger partial charge in [-0.3, -0.25) is 9.59 Å². The average molecular weight is 347 g/mol. The number of aromatic amines is 1. The van der Waals surface area contributed by atoms with Crippen molar-refractivity contribution in [2.45, 2.75) is 13.8 Å². The van der Waals surface area contributed by atoms with Crippen molar-refractivity contribution in [1.29, 1.82) is 0 Å². The lowest BCUT2D eigenvalue weighted by Crippen LogP contribution is -2.50. The smallest absolute Gasteiger partial charge is 0.255 e. The van der Waals surface area contributed by atoms with E-state index in [0.29, 0.717) is 31.7 Å². The summed E-state index contributed by atoms with van der Waals surface area (Å²) in [6, 6.07) is 4.93. The number of halogens is 2. The van der Waals surface area contributed by atoms with Crippen molar-refractivity contribution in [3.8, 4) is 0 Å². The number of aryl methyl sites for hydroxylation is 2. The SMILES string of the molecule is Cc1cc(C(=O)N2CCN(C(=O)c3ccc(F)c(F)c3)CC2)c(C)[nH]1. The molecule has 0 aliphatic carbocycles. The summed E-state index contributed by atoms with van der Waals surface area (Å²) in [7, 11) is 0. The fraction of sp³-hybridized carbons (Fsp3) is 0.333. The van der Waals surface area contributed by atoms with Gasteiger partial charge >= 0.3 is 0 Å². The van der Waals surface area contributed by atoms with Crippen LogP contribution in [0.5, 0.6) is 0 Å². The Morgan fingerprint density at radius 1 is 0.920 bits per heavy atom. The van der Waals surface area contributed by atoms with Gasteiger partial charge in [0.1, 0.15) is 0 Å². The highest BCUT2D eigenvalue weighted by atomic mass is 19.2. The molecule has 0 radical (unpaired) electrons. The fourth-order valence-corrected chi connectivity index (χ4v) is 3.04. The zero-order valence-electron chi connectivity index (χ0n) is 14.1. The number of nitrogens with one attached hydrogen (secondary N) is 1. The lowest BCUT2D eigenvalue weighted by molar-refractivity contribution is 0.0535. The van der Waals surface area contributed by atoms with Gasteiger partial charge in [-0.25, -0.2) is 8.78 Å². The second-order valence-electron chi connectivity index (χ2n) is 6.20. The van der Waals surface area contributed by atoms with E-state index >= 15 is 0 Å². The van der Waals surface area contributed by atoms with Crippen LogP contribution in [0.3, 0.4) is 0 Å². The first-order chi connectivity index (χ1) is 11.9. The molecule has 1 aromatic heterocycles. The predicted octanol–water partition coefficient (Wildman–Crippen LogP) is 2.51. The largest absolute Gasteiger partial charge is 0.362 e. The Labute approximate surface area is 144 Å². The maximum atomic E-state index is 13.3. The number of amides is 2. The number of nitrogens with zero attached hydrogens (tertiary/aromatic N) is 2. The molecule has 2 heterocycles. The summed E-state index contributed by atoms with van der Waals surface area (Å²) < 4.78 is 26.3. The van der Waals surface area contributed by atoms with E-state index in [9.17, 15) is 18.4 Å². The number of H-pyrrole nitrogens is 1. The highest BCUT2D eigenvalue weighted by Gasteiger charge is 2.27. The maximum Gasteiger partial charge on any atom is 0.255 e. The normalized spacial score (nSPS) is 14.7. The van der Waals surface area contributed by atoms with Gasteiger partial charge in [-0.1, -0.05) is 0 Å². The maximum absolute atomic E-state index is 13.3. The molecule has 1 N–H and O–H groups in total. The number of hydrogen-bond donors (Lipinski definition) is 1. The van der Waals surface area contributed by atoms with E-state index in [2.05, 4.69) is 4.98 Å². The molecule has 0 saturated carbocycles. The molecule has 2 aromatic rings. The summed E-state index contributed by atoms with van der Waals surface area (Å²) in [6.45, 7) is 5.25. The minimum atomic E-state index is -1.04. The van der Waals surface area contributed by atoms with Crippen molar-refractivity contribution in [2.24, 2.45) is 0 Å². The molecule has 0 atom stereocenters. The second-order valence-corrected chi connectivity index (χ2v) is 6.20. The summed E-state index contributed by atoms with van der Waals surface area (Å²) in [5.74, 6) is -2.46. The van der Waals surface area contributed by atoms with Crippen molar-refractivity contribution in [3.05, 3.63) is 58.4 Å². The first-order valence-electron chi connectivity index (χ1n) is 8.06. The Kier molecular flexibility index (Phi) is 4.57. The van der Waals surface area contributed by atoms with Crippen molar-refractivity contribution < 1.29 is 18.4 Å². The Balaban J connectivity index is 1.65. The molecule has 132 valence electrons. The average Bonchev–Trinajstić information content (AvgIpc) is 2.94.